The van der Waals surface area contributed by atoms with E-state index < -0.39 is 0 Å². The highest BCUT2D eigenvalue weighted by Gasteiger charge is 2.38. The first-order valence-electron chi connectivity index (χ1n) is 19.4. The first kappa shape index (κ1) is 31.7. The summed E-state index contributed by atoms with van der Waals surface area (Å²) in [7, 11) is 0. The molecule has 0 saturated carbocycles. The van der Waals surface area contributed by atoms with Crippen molar-refractivity contribution in [1.29, 1.82) is 0 Å². The normalized spacial score (nSPS) is 13.1. The van der Waals surface area contributed by atoms with Gasteiger partial charge in [-0.05, 0) is 116 Å². The Labute approximate surface area is 322 Å². The summed E-state index contributed by atoms with van der Waals surface area (Å²) in [5, 5.41) is 10.2. The minimum Gasteiger partial charge on any atom is -0.0616 e. The zero-order valence-electron chi connectivity index (χ0n) is 31.0. The van der Waals surface area contributed by atoms with Gasteiger partial charge in [0.25, 0.3) is 0 Å². The average Bonchev–Trinajstić information content (AvgIpc) is 3.49. The molecule has 258 valence electrons. The lowest BCUT2D eigenvalue weighted by atomic mass is 9.80. The summed E-state index contributed by atoms with van der Waals surface area (Å²) in [5.41, 5.74) is 15.5. The Morgan fingerprint density at radius 3 is 1.51 bits per heavy atom. The molecule has 0 unspecified atom stereocenters. The maximum absolute atomic E-state index is 2.43. The van der Waals surface area contributed by atoms with Crippen LogP contribution in [0, 0.1) is 0 Å². The summed E-state index contributed by atoms with van der Waals surface area (Å²) in [6.45, 7) is 4.78. The van der Waals surface area contributed by atoms with Crippen LogP contribution in [0.25, 0.3) is 98.7 Å². The van der Waals surface area contributed by atoms with Gasteiger partial charge in [-0.1, -0.05) is 202 Å². The van der Waals surface area contributed by atoms with Gasteiger partial charge >= 0.3 is 0 Å². The summed E-state index contributed by atoms with van der Waals surface area (Å²) in [6, 6.07) is 72.1. The third-order valence-electron chi connectivity index (χ3n) is 12.2. The van der Waals surface area contributed by atoms with Gasteiger partial charge in [-0.15, -0.1) is 0 Å². The SMILES string of the molecule is CC1(C)c2cccc(-c3cccc(-c4c5ccccc5c(-c5ccccc5-c5cccc6ccccc56)c5ccccc45)c3)c2-c2ccc3ccccc3c21. The fourth-order valence-electron chi connectivity index (χ4n) is 9.86. The van der Waals surface area contributed by atoms with Crippen LogP contribution in [0.1, 0.15) is 25.0 Å². The molecule has 0 atom stereocenters. The van der Waals surface area contributed by atoms with Crippen LogP contribution in [-0.2, 0) is 5.41 Å². The fraction of sp³-hybridized carbons (Fsp3) is 0.0545. The largest absolute Gasteiger partial charge is 0.0616 e. The van der Waals surface area contributed by atoms with Crippen LogP contribution < -0.4 is 0 Å². The van der Waals surface area contributed by atoms with Gasteiger partial charge in [0.05, 0.1) is 0 Å². The summed E-state index contributed by atoms with van der Waals surface area (Å²) in [5.74, 6) is 0. The van der Waals surface area contributed by atoms with Crippen LogP contribution in [-0.4, -0.2) is 0 Å². The quantitative estimate of drug-likeness (QED) is 0.161. The highest BCUT2D eigenvalue weighted by Crippen LogP contribution is 2.55. The molecular formula is C55H38. The van der Waals surface area contributed by atoms with Gasteiger partial charge < -0.3 is 0 Å². The molecule has 10 aromatic rings. The second kappa shape index (κ2) is 12.1. The highest BCUT2D eigenvalue weighted by molar-refractivity contribution is 6.23. The second-order valence-corrected chi connectivity index (χ2v) is 15.6. The number of benzene rings is 10. The van der Waals surface area contributed by atoms with Crippen molar-refractivity contribution in [3.8, 4) is 55.6 Å². The minimum atomic E-state index is -0.107. The molecule has 1 aliphatic carbocycles. The molecule has 0 heteroatoms. The molecule has 1 aliphatic rings. The lowest BCUT2D eigenvalue weighted by Gasteiger charge is -2.23. The van der Waals surface area contributed by atoms with E-state index in [0.717, 1.165) is 0 Å². The minimum absolute atomic E-state index is 0.107. The van der Waals surface area contributed by atoms with Gasteiger partial charge in [-0.25, -0.2) is 0 Å². The lowest BCUT2D eigenvalue weighted by Crippen LogP contribution is -2.15. The molecule has 0 heterocycles. The molecule has 0 aliphatic heterocycles. The molecular weight excluding hydrogens is 661 g/mol. The van der Waals surface area contributed by atoms with E-state index in [1.54, 1.807) is 0 Å². The molecule has 0 fully saturated rings. The zero-order valence-corrected chi connectivity index (χ0v) is 31.0. The van der Waals surface area contributed by atoms with Crippen LogP contribution in [0.5, 0.6) is 0 Å². The van der Waals surface area contributed by atoms with Crippen molar-refractivity contribution in [3.05, 3.63) is 205 Å². The monoisotopic (exact) mass is 698 g/mol. The zero-order chi connectivity index (χ0) is 36.7. The van der Waals surface area contributed by atoms with Crippen molar-refractivity contribution >= 4 is 43.1 Å². The smallest absolute Gasteiger partial charge is 0.0165 e. The van der Waals surface area contributed by atoms with E-state index in [1.807, 2.05) is 0 Å². The van der Waals surface area contributed by atoms with Crippen LogP contribution in [0.15, 0.2) is 194 Å². The number of hydrogen-bond acceptors (Lipinski definition) is 0. The molecule has 0 aromatic heterocycles. The Hall–Kier alpha value is -6.76. The van der Waals surface area contributed by atoms with E-state index in [0.29, 0.717) is 0 Å². The van der Waals surface area contributed by atoms with Crippen molar-refractivity contribution < 1.29 is 0 Å². The van der Waals surface area contributed by atoms with Gasteiger partial charge in [0.15, 0.2) is 0 Å². The molecule has 0 radical (unpaired) electrons. The summed E-state index contributed by atoms with van der Waals surface area (Å²) >= 11 is 0. The van der Waals surface area contributed by atoms with Gasteiger partial charge in [-0.2, -0.15) is 0 Å². The summed E-state index contributed by atoms with van der Waals surface area (Å²) in [6.07, 6.45) is 0. The summed E-state index contributed by atoms with van der Waals surface area (Å²) < 4.78 is 0. The van der Waals surface area contributed by atoms with Crippen molar-refractivity contribution in [2.45, 2.75) is 19.3 Å². The first-order chi connectivity index (χ1) is 27.1. The third kappa shape index (κ3) is 4.71. The molecule has 0 nitrogen and oxygen atoms in total. The predicted octanol–water partition coefficient (Wildman–Crippen LogP) is 15.3. The number of rotatable bonds is 4. The maximum Gasteiger partial charge on any atom is 0.0165 e. The van der Waals surface area contributed by atoms with Gasteiger partial charge in [-0.3, -0.25) is 0 Å². The number of fused-ring (bicyclic) bond motifs is 8. The first-order valence-corrected chi connectivity index (χ1v) is 19.4. The Morgan fingerprint density at radius 2 is 0.782 bits per heavy atom. The van der Waals surface area contributed by atoms with E-state index in [9.17, 15) is 0 Å². The molecule has 0 N–H and O–H groups in total. The number of hydrogen-bond donors (Lipinski definition) is 0. The van der Waals surface area contributed by atoms with Crippen LogP contribution >= 0.6 is 0 Å². The van der Waals surface area contributed by atoms with Gasteiger partial charge in [0.2, 0.25) is 0 Å². The predicted molar refractivity (Wildman–Crippen MR) is 236 cm³/mol. The molecule has 0 saturated heterocycles. The van der Waals surface area contributed by atoms with Gasteiger partial charge in [0, 0.05) is 5.41 Å². The van der Waals surface area contributed by atoms with Crippen LogP contribution in [0.4, 0.5) is 0 Å². The Balaban J connectivity index is 1.14. The Bertz CT molecular complexity index is 3110. The van der Waals surface area contributed by atoms with E-state index in [4.69, 9.17) is 0 Å². The topological polar surface area (TPSA) is 0 Å². The van der Waals surface area contributed by atoms with Gasteiger partial charge in [0.1, 0.15) is 0 Å². The van der Waals surface area contributed by atoms with Crippen molar-refractivity contribution in [3.63, 3.8) is 0 Å². The highest BCUT2D eigenvalue weighted by atomic mass is 14.4. The summed E-state index contributed by atoms with van der Waals surface area (Å²) in [4.78, 5) is 0. The standard InChI is InChI=1S/C55H38/c1-55(2)50-31-15-29-40(53(50)49-33-32-36-17-4-6-22-41(36)54(49)55)37-19-13-20-38(34-37)51-45-25-9-11-27-47(45)52(48-28-12-10-26-46(48)51)44-24-8-7-23-43(44)42-30-14-18-35-16-3-5-21-39(35)42/h3-34H,1-2H3. The average molecular weight is 699 g/mol. The molecule has 11 rings (SSSR count). The van der Waals surface area contributed by atoms with E-state index in [-0.39, 0.29) is 5.41 Å². The maximum atomic E-state index is 2.43. The molecule has 0 spiro atoms. The second-order valence-electron chi connectivity index (χ2n) is 15.6. The van der Waals surface area contributed by atoms with Crippen molar-refractivity contribution in [2.24, 2.45) is 0 Å². The van der Waals surface area contributed by atoms with E-state index >= 15 is 0 Å². The van der Waals surface area contributed by atoms with Crippen molar-refractivity contribution in [2.75, 3.05) is 0 Å². The fourth-order valence-corrected chi connectivity index (χ4v) is 9.86. The molecule has 0 bridgehead atoms. The Morgan fingerprint density at radius 1 is 0.291 bits per heavy atom. The third-order valence-corrected chi connectivity index (χ3v) is 12.2. The molecule has 10 aromatic carbocycles. The lowest BCUT2D eigenvalue weighted by molar-refractivity contribution is 0.666. The molecule has 55 heavy (non-hydrogen) atoms. The Kier molecular flexibility index (Phi) is 7.00. The van der Waals surface area contributed by atoms with Crippen molar-refractivity contribution in [1.82, 2.24) is 0 Å². The van der Waals surface area contributed by atoms with E-state index in [1.165, 1.54) is 110 Å². The van der Waals surface area contributed by atoms with Crippen LogP contribution in [0.3, 0.4) is 0 Å². The van der Waals surface area contributed by atoms with E-state index in [2.05, 4.69) is 208 Å². The van der Waals surface area contributed by atoms with Crippen LogP contribution in [0.2, 0.25) is 0 Å². The molecule has 0 amide bonds.